The summed E-state index contributed by atoms with van der Waals surface area (Å²) in [5.41, 5.74) is 3.21. The van der Waals surface area contributed by atoms with Crippen molar-refractivity contribution < 1.29 is 4.79 Å². The third-order valence-electron chi connectivity index (χ3n) is 4.92. The molecule has 0 radical (unpaired) electrons. The van der Waals surface area contributed by atoms with Crippen molar-refractivity contribution in [1.29, 1.82) is 5.26 Å². The number of nitriles is 1. The Morgan fingerprint density at radius 1 is 1.44 bits per heavy atom. The molecule has 0 aliphatic carbocycles. The Labute approximate surface area is 148 Å². The van der Waals surface area contributed by atoms with Crippen LogP contribution in [0.5, 0.6) is 0 Å². The largest absolute Gasteiger partial charge is 0.352 e. The Morgan fingerprint density at radius 3 is 2.96 bits per heavy atom. The lowest BCUT2D eigenvalue weighted by molar-refractivity contribution is 0.0943. The standard InChI is InChI=1S/C20H22N4O/c1-14-10-15(11-21)5-6-18(14)20(25)23-13-17-7-9-24(2)19(17)16-4-3-8-22-12-16/h3-6,8,10,12,17,19H,7,9,13H2,1-2H3,(H,23,25)/t17-,19-/m0/s1. The molecule has 1 amide bonds. The molecule has 3 rings (SSSR count). The maximum atomic E-state index is 12.5. The quantitative estimate of drug-likeness (QED) is 0.933. The molecule has 1 aromatic carbocycles. The van der Waals surface area contributed by atoms with Crippen LogP contribution in [0.15, 0.2) is 42.7 Å². The summed E-state index contributed by atoms with van der Waals surface area (Å²) in [5, 5.41) is 12.0. The molecule has 0 saturated carbocycles. The average Bonchev–Trinajstić information content (AvgIpc) is 3.00. The Balaban J connectivity index is 1.68. The van der Waals surface area contributed by atoms with Crippen LogP contribution in [0.2, 0.25) is 0 Å². The van der Waals surface area contributed by atoms with Crippen LogP contribution >= 0.6 is 0 Å². The molecule has 1 aromatic heterocycles. The minimum absolute atomic E-state index is 0.0820. The van der Waals surface area contributed by atoms with Crippen LogP contribution < -0.4 is 5.32 Å². The summed E-state index contributed by atoms with van der Waals surface area (Å²) in [7, 11) is 2.12. The van der Waals surface area contributed by atoms with Crippen molar-refractivity contribution in [1.82, 2.24) is 15.2 Å². The summed E-state index contributed by atoms with van der Waals surface area (Å²) in [6.07, 6.45) is 4.73. The van der Waals surface area contributed by atoms with Crippen LogP contribution in [0.1, 0.15) is 39.5 Å². The number of aryl methyl sites for hydroxylation is 1. The number of carbonyl (C=O) groups is 1. The molecule has 1 aliphatic heterocycles. The predicted octanol–water partition coefficient (Wildman–Crippen LogP) is 2.68. The van der Waals surface area contributed by atoms with Gasteiger partial charge in [0.15, 0.2) is 0 Å². The molecular weight excluding hydrogens is 312 g/mol. The Hall–Kier alpha value is -2.71. The maximum absolute atomic E-state index is 12.5. The number of nitrogens with zero attached hydrogens (tertiary/aromatic N) is 3. The highest BCUT2D eigenvalue weighted by Gasteiger charge is 2.33. The van der Waals surface area contributed by atoms with E-state index < -0.39 is 0 Å². The molecule has 2 aromatic rings. The second-order valence-electron chi connectivity index (χ2n) is 6.61. The number of rotatable bonds is 4. The van der Waals surface area contributed by atoms with E-state index in [-0.39, 0.29) is 11.9 Å². The van der Waals surface area contributed by atoms with Gasteiger partial charge in [0.2, 0.25) is 0 Å². The van der Waals surface area contributed by atoms with Gasteiger partial charge in [-0.25, -0.2) is 0 Å². The molecule has 0 spiro atoms. The van der Waals surface area contributed by atoms with Gasteiger partial charge in [0, 0.05) is 30.5 Å². The van der Waals surface area contributed by atoms with Crippen molar-refractivity contribution in [3.05, 3.63) is 65.0 Å². The number of pyridine rings is 1. The second kappa shape index (κ2) is 7.45. The molecule has 128 valence electrons. The first-order chi connectivity index (χ1) is 12.1. The fourth-order valence-corrected chi connectivity index (χ4v) is 3.62. The van der Waals surface area contributed by atoms with E-state index in [1.54, 1.807) is 24.4 Å². The molecule has 1 aliphatic rings. The Morgan fingerprint density at radius 2 is 2.28 bits per heavy atom. The summed E-state index contributed by atoms with van der Waals surface area (Å²) in [6.45, 7) is 3.50. The summed E-state index contributed by atoms with van der Waals surface area (Å²) in [6, 6.07) is 11.6. The Bertz CT molecular complexity index is 797. The zero-order valence-corrected chi connectivity index (χ0v) is 14.6. The highest BCUT2D eigenvalue weighted by atomic mass is 16.1. The van der Waals surface area contributed by atoms with Crippen LogP contribution in [-0.4, -0.2) is 35.9 Å². The normalized spacial score (nSPS) is 20.2. The Kier molecular flexibility index (Phi) is 5.11. The van der Waals surface area contributed by atoms with E-state index in [4.69, 9.17) is 5.26 Å². The topological polar surface area (TPSA) is 69.0 Å². The first-order valence-corrected chi connectivity index (χ1v) is 8.49. The lowest BCUT2D eigenvalue weighted by Crippen LogP contribution is -2.32. The van der Waals surface area contributed by atoms with Crippen LogP contribution in [0, 0.1) is 24.2 Å². The maximum Gasteiger partial charge on any atom is 0.251 e. The number of hydrogen-bond donors (Lipinski definition) is 1. The number of benzene rings is 1. The van der Waals surface area contributed by atoms with Gasteiger partial charge >= 0.3 is 0 Å². The number of carbonyl (C=O) groups excluding carboxylic acids is 1. The van der Waals surface area contributed by atoms with Crippen molar-refractivity contribution in [3.63, 3.8) is 0 Å². The predicted molar refractivity (Wildman–Crippen MR) is 95.9 cm³/mol. The van der Waals surface area contributed by atoms with Crippen molar-refractivity contribution in [2.24, 2.45) is 5.92 Å². The summed E-state index contributed by atoms with van der Waals surface area (Å²) < 4.78 is 0. The molecule has 0 unspecified atom stereocenters. The van der Waals surface area contributed by atoms with E-state index in [0.29, 0.717) is 23.6 Å². The number of nitrogens with one attached hydrogen (secondary N) is 1. The zero-order chi connectivity index (χ0) is 17.8. The van der Waals surface area contributed by atoms with E-state index in [2.05, 4.69) is 34.4 Å². The molecule has 1 saturated heterocycles. The second-order valence-corrected chi connectivity index (χ2v) is 6.61. The van der Waals surface area contributed by atoms with Gasteiger partial charge in [0.1, 0.15) is 0 Å². The van der Waals surface area contributed by atoms with Gasteiger partial charge in [-0.1, -0.05) is 6.07 Å². The number of amides is 1. The van der Waals surface area contributed by atoms with Crippen LogP contribution in [0.4, 0.5) is 0 Å². The highest BCUT2D eigenvalue weighted by Crippen LogP contribution is 2.35. The molecule has 5 nitrogen and oxygen atoms in total. The van der Waals surface area contributed by atoms with Crippen molar-refractivity contribution in [2.45, 2.75) is 19.4 Å². The van der Waals surface area contributed by atoms with Gasteiger partial charge in [0.25, 0.3) is 5.91 Å². The van der Waals surface area contributed by atoms with Gasteiger partial charge in [-0.3, -0.25) is 14.7 Å². The van der Waals surface area contributed by atoms with E-state index in [1.807, 2.05) is 19.2 Å². The van der Waals surface area contributed by atoms with Gasteiger partial charge in [-0.05, 0) is 68.2 Å². The van der Waals surface area contributed by atoms with E-state index >= 15 is 0 Å². The number of hydrogen-bond acceptors (Lipinski definition) is 4. The molecule has 5 heteroatoms. The number of aromatic nitrogens is 1. The molecule has 1 fully saturated rings. The minimum Gasteiger partial charge on any atom is -0.352 e. The monoisotopic (exact) mass is 334 g/mol. The van der Waals surface area contributed by atoms with E-state index in [1.165, 1.54) is 5.56 Å². The first-order valence-electron chi connectivity index (χ1n) is 8.49. The fraction of sp³-hybridized carbons (Fsp3) is 0.350. The van der Waals surface area contributed by atoms with Crippen molar-refractivity contribution in [2.75, 3.05) is 20.1 Å². The smallest absolute Gasteiger partial charge is 0.251 e. The van der Waals surface area contributed by atoms with Crippen molar-refractivity contribution >= 4 is 5.91 Å². The third kappa shape index (κ3) is 3.70. The molecule has 25 heavy (non-hydrogen) atoms. The molecule has 0 bridgehead atoms. The zero-order valence-electron chi connectivity index (χ0n) is 14.6. The van der Waals surface area contributed by atoms with E-state index in [0.717, 1.165) is 18.5 Å². The van der Waals surface area contributed by atoms with Gasteiger partial charge in [-0.15, -0.1) is 0 Å². The molecule has 2 heterocycles. The third-order valence-corrected chi connectivity index (χ3v) is 4.92. The SMILES string of the molecule is Cc1cc(C#N)ccc1C(=O)NC[C@@H]1CCN(C)[C@H]1c1cccnc1. The summed E-state index contributed by atoms with van der Waals surface area (Å²) in [5.74, 6) is 0.276. The van der Waals surface area contributed by atoms with Crippen LogP contribution in [0.3, 0.4) is 0 Å². The fourth-order valence-electron chi connectivity index (χ4n) is 3.62. The van der Waals surface area contributed by atoms with Gasteiger partial charge in [-0.2, -0.15) is 5.26 Å². The van der Waals surface area contributed by atoms with Crippen molar-refractivity contribution in [3.8, 4) is 6.07 Å². The summed E-state index contributed by atoms with van der Waals surface area (Å²) in [4.78, 5) is 19.1. The molecule has 2 atom stereocenters. The molecule has 1 N–H and O–H groups in total. The summed E-state index contributed by atoms with van der Waals surface area (Å²) >= 11 is 0. The highest BCUT2D eigenvalue weighted by molar-refractivity contribution is 5.95. The van der Waals surface area contributed by atoms with Crippen LogP contribution in [0.25, 0.3) is 0 Å². The molecular formula is C20H22N4O. The van der Waals surface area contributed by atoms with Gasteiger partial charge in [0.05, 0.1) is 11.6 Å². The minimum atomic E-state index is -0.0820. The van der Waals surface area contributed by atoms with Crippen LogP contribution in [-0.2, 0) is 0 Å². The van der Waals surface area contributed by atoms with Gasteiger partial charge < -0.3 is 5.32 Å². The first kappa shape index (κ1) is 17.1. The average molecular weight is 334 g/mol. The van der Waals surface area contributed by atoms with E-state index in [9.17, 15) is 4.79 Å². The lowest BCUT2D eigenvalue weighted by Gasteiger charge is -2.25. The number of likely N-dealkylation sites (tertiary alicyclic amines) is 1. The lowest BCUT2D eigenvalue weighted by atomic mass is 9.94.